The Morgan fingerprint density at radius 2 is 1.86 bits per heavy atom. The number of hydrogen-bond donors (Lipinski definition) is 1. The summed E-state index contributed by atoms with van der Waals surface area (Å²) >= 11 is 0. The Bertz CT molecular complexity index is 1180. The number of benzene rings is 2. The third-order valence-electron chi connectivity index (χ3n) is 5.06. The number of rotatable bonds is 5. The molecule has 146 valence electrons. The summed E-state index contributed by atoms with van der Waals surface area (Å²) in [7, 11) is 1.63. The fourth-order valence-electron chi connectivity index (χ4n) is 3.19. The van der Waals surface area contributed by atoms with Gasteiger partial charge in [-0.05, 0) is 54.8 Å². The number of aromatic nitrogens is 3. The van der Waals surface area contributed by atoms with Crippen LogP contribution in [0.4, 0.5) is 0 Å². The van der Waals surface area contributed by atoms with Crippen LogP contribution >= 0.6 is 0 Å². The van der Waals surface area contributed by atoms with Crippen LogP contribution in [0.15, 0.2) is 60.9 Å². The SMILES string of the molecule is COc1ccc(CNC(=O)c2cnn3c(-c4ccc(C)c(C)c4)ccnc23)cc1. The molecule has 29 heavy (non-hydrogen) atoms. The molecule has 6 heteroatoms. The van der Waals surface area contributed by atoms with Crippen molar-refractivity contribution in [1.82, 2.24) is 19.9 Å². The minimum Gasteiger partial charge on any atom is -0.497 e. The van der Waals surface area contributed by atoms with Gasteiger partial charge in [-0.25, -0.2) is 9.50 Å². The number of fused-ring (bicyclic) bond motifs is 1. The van der Waals surface area contributed by atoms with E-state index in [9.17, 15) is 4.79 Å². The van der Waals surface area contributed by atoms with Gasteiger partial charge in [-0.3, -0.25) is 4.79 Å². The molecule has 1 amide bonds. The Morgan fingerprint density at radius 1 is 1.07 bits per heavy atom. The lowest BCUT2D eigenvalue weighted by atomic mass is 10.0. The number of amides is 1. The average Bonchev–Trinajstić information content (AvgIpc) is 3.19. The molecule has 0 saturated heterocycles. The molecule has 0 atom stereocenters. The lowest BCUT2D eigenvalue weighted by Crippen LogP contribution is -2.22. The van der Waals surface area contributed by atoms with Crippen LogP contribution in [0.3, 0.4) is 0 Å². The zero-order valence-corrected chi connectivity index (χ0v) is 16.6. The molecule has 0 aliphatic carbocycles. The largest absolute Gasteiger partial charge is 0.497 e. The Kier molecular flexibility index (Phi) is 4.99. The first kappa shape index (κ1) is 18.7. The Balaban J connectivity index is 1.59. The first-order valence-corrected chi connectivity index (χ1v) is 9.38. The standard InChI is InChI=1S/C23H22N4O2/c1-15-4-7-18(12-16(15)2)21-10-11-24-22-20(14-26-27(21)22)23(28)25-13-17-5-8-19(29-3)9-6-17/h4-12,14H,13H2,1-3H3,(H,25,28). The third kappa shape index (κ3) is 3.69. The minimum atomic E-state index is -0.208. The molecule has 2 aromatic heterocycles. The van der Waals surface area contributed by atoms with Gasteiger partial charge in [0.25, 0.3) is 5.91 Å². The highest BCUT2D eigenvalue weighted by Gasteiger charge is 2.16. The summed E-state index contributed by atoms with van der Waals surface area (Å²) in [4.78, 5) is 17.1. The van der Waals surface area contributed by atoms with E-state index < -0.39 is 0 Å². The number of nitrogens with one attached hydrogen (secondary N) is 1. The van der Waals surface area contributed by atoms with Crippen molar-refractivity contribution in [1.29, 1.82) is 0 Å². The highest BCUT2D eigenvalue weighted by molar-refractivity contribution is 5.99. The molecule has 0 unspecified atom stereocenters. The van der Waals surface area contributed by atoms with E-state index in [4.69, 9.17) is 4.74 Å². The summed E-state index contributed by atoms with van der Waals surface area (Å²) in [5, 5.41) is 7.36. The highest BCUT2D eigenvalue weighted by Crippen LogP contribution is 2.23. The van der Waals surface area contributed by atoms with Crippen molar-refractivity contribution in [2.24, 2.45) is 0 Å². The molecule has 0 aliphatic heterocycles. The van der Waals surface area contributed by atoms with E-state index in [-0.39, 0.29) is 5.91 Å². The van der Waals surface area contributed by atoms with E-state index in [2.05, 4.69) is 47.4 Å². The summed E-state index contributed by atoms with van der Waals surface area (Å²) in [6.07, 6.45) is 3.28. The van der Waals surface area contributed by atoms with Crippen molar-refractivity contribution in [3.8, 4) is 17.0 Å². The lowest BCUT2D eigenvalue weighted by molar-refractivity contribution is 0.0952. The normalized spacial score (nSPS) is 10.9. The van der Waals surface area contributed by atoms with Gasteiger partial charge in [0.2, 0.25) is 0 Å². The van der Waals surface area contributed by atoms with Crippen molar-refractivity contribution in [3.05, 3.63) is 83.2 Å². The van der Waals surface area contributed by atoms with Crippen molar-refractivity contribution in [2.75, 3.05) is 7.11 Å². The van der Waals surface area contributed by atoms with Gasteiger partial charge >= 0.3 is 0 Å². The maximum atomic E-state index is 12.7. The first-order chi connectivity index (χ1) is 14.1. The summed E-state index contributed by atoms with van der Waals surface area (Å²) < 4.78 is 6.87. The summed E-state index contributed by atoms with van der Waals surface area (Å²) in [5.74, 6) is 0.575. The fraction of sp³-hybridized carbons (Fsp3) is 0.174. The third-order valence-corrected chi connectivity index (χ3v) is 5.06. The molecule has 0 radical (unpaired) electrons. The maximum Gasteiger partial charge on any atom is 0.257 e. The average molecular weight is 386 g/mol. The maximum absolute atomic E-state index is 12.7. The molecule has 6 nitrogen and oxygen atoms in total. The summed E-state index contributed by atoms with van der Waals surface area (Å²) in [6, 6.07) is 15.8. The molecule has 0 spiro atoms. The number of carbonyl (C=O) groups excluding carboxylic acids is 1. The van der Waals surface area contributed by atoms with Crippen LogP contribution in [0.5, 0.6) is 5.75 Å². The van der Waals surface area contributed by atoms with Crippen LogP contribution in [0.1, 0.15) is 27.0 Å². The van der Waals surface area contributed by atoms with Gasteiger partial charge in [0.05, 0.1) is 19.0 Å². The predicted molar refractivity (Wildman–Crippen MR) is 112 cm³/mol. The topological polar surface area (TPSA) is 68.5 Å². The van der Waals surface area contributed by atoms with Gasteiger partial charge in [0.15, 0.2) is 5.65 Å². The molecular weight excluding hydrogens is 364 g/mol. The number of methoxy groups -OCH3 is 1. The molecule has 0 fully saturated rings. The zero-order valence-electron chi connectivity index (χ0n) is 16.6. The van der Waals surface area contributed by atoms with E-state index in [1.165, 1.54) is 11.1 Å². The number of ether oxygens (including phenoxy) is 1. The van der Waals surface area contributed by atoms with Crippen LogP contribution in [-0.2, 0) is 6.54 Å². The number of aryl methyl sites for hydroxylation is 2. The molecule has 0 bridgehead atoms. The molecule has 2 heterocycles. The van der Waals surface area contributed by atoms with Crippen molar-refractivity contribution < 1.29 is 9.53 Å². The van der Waals surface area contributed by atoms with Crippen molar-refractivity contribution in [2.45, 2.75) is 20.4 Å². The zero-order chi connectivity index (χ0) is 20.4. The van der Waals surface area contributed by atoms with E-state index in [1.54, 1.807) is 24.0 Å². The van der Waals surface area contributed by atoms with E-state index in [1.807, 2.05) is 30.3 Å². The lowest BCUT2D eigenvalue weighted by Gasteiger charge is -2.08. The fourth-order valence-corrected chi connectivity index (χ4v) is 3.19. The first-order valence-electron chi connectivity index (χ1n) is 9.38. The smallest absolute Gasteiger partial charge is 0.257 e. The van der Waals surface area contributed by atoms with Crippen LogP contribution in [-0.4, -0.2) is 27.6 Å². The number of hydrogen-bond acceptors (Lipinski definition) is 4. The molecule has 4 rings (SSSR count). The van der Waals surface area contributed by atoms with Gasteiger partial charge in [0.1, 0.15) is 11.3 Å². The minimum absolute atomic E-state index is 0.208. The van der Waals surface area contributed by atoms with Crippen LogP contribution in [0.2, 0.25) is 0 Å². The quantitative estimate of drug-likeness (QED) is 0.564. The molecular formula is C23H22N4O2. The van der Waals surface area contributed by atoms with Gasteiger partial charge < -0.3 is 10.1 Å². The number of carbonyl (C=O) groups is 1. The van der Waals surface area contributed by atoms with Gasteiger partial charge in [0, 0.05) is 18.3 Å². The summed E-state index contributed by atoms with van der Waals surface area (Å²) in [5.41, 5.74) is 6.34. The van der Waals surface area contributed by atoms with Gasteiger partial charge in [-0.1, -0.05) is 24.3 Å². The van der Waals surface area contributed by atoms with Crippen molar-refractivity contribution in [3.63, 3.8) is 0 Å². The highest BCUT2D eigenvalue weighted by atomic mass is 16.5. The van der Waals surface area contributed by atoms with Crippen LogP contribution in [0.25, 0.3) is 16.9 Å². The second-order valence-electron chi connectivity index (χ2n) is 6.95. The Morgan fingerprint density at radius 3 is 2.59 bits per heavy atom. The van der Waals surface area contributed by atoms with E-state index >= 15 is 0 Å². The molecule has 0 aliphatic rings. The molecule has 4 aromatic rings. The van der Waals surface area contributed by atoms with Gasteiger partial charge in [-0.2, -0.15) is 5.10 Å². The Labute approximate surface area is 169 Å². The summed E-state index contributed by atoms with van der Waals surface area (Å²) in [6.45, 7) is 4.58. The molecule has 1 N–H and O–H groups in total. The van der Waals surface area contributed by atoms with E-state index in [0.717, 1.165) is 22.6 Å². The van der Waals surface area contributed by atoms with E-state index in [0.29, 0.717) is 17.8 Å². The second-order valence-corrected chi connectivity index (χ2v) is 6.95. The molecule has 0 saturated carbocycles. The van der Waals surface area contributed by atoms with Crippen LogP contribution < -0.4 is 10.1 Å². The van der Waals surface area contributed by atoms with Crippen molar-refractivity contribution >= 4 is 11.6 Å². The predicted octanol–water partition coefficient (Wildman–Crippen LogP) is 3.95. The van der Waals surface area contributed by atoms with Crippen LogP contribution in [0, 0.1) is 13.8 Å². The number of nitrogens with zero attached hydrogens (tertiary/aromatic N) is 3. The molecule has 2 aromatic carbocycles. The Hall–Kier alpha value is -3.67. The second kappa shape index (κ2) is 7.75. The van der Waals surface area contributed by atoms with Gasteiger partial charge in [-0.15, -0.1) is 0 Å². The monoisotopic (exact) mass is 386 g/mol.